The highest BCUT2D eigenvalue weighted by molar-refractivity contribution is 6.36. The first-order valence-corrected chi connectivity index (χ1v) is 8.15. The molecular weight excluding hydrogens is 305 g/mol. The maximum atomic E-state index is 6.28. The summed E-state index contributed by atoms with van der Waals surface area (Å²) in [5.41, 5.74) is 1.02. The van der Waals surface area contributed by atoms with Crippen molar-refractivity contribution in [3.05, 3.63) is 58.0 Å². The SMILES string of the molecule is CCCNC(CCc1ccco1)Cc1c(Cl)cccc1Cl. The minimum absolute atomic E-state index is 0.340. The van der Waals surface area contributed by atoms with E-state index in [-0.39, 0.29) is 0 Å². The lowest BCUT2D eigenvalue weighted by atomic mass is 10.0. The average Bonchev–Trinajstić information content (AvgIpc) is 2.98. The summed E-state index contributed by atoms with van der Waals surface area (Å²) in [5.74, 6) is 1.02. The molecule has 0 amide bonds. The highest BCUT2D eigenvalue weighted by atomic mass is 35.5. The molecule has 1 heterocycles. The van der Waals surface area contributed by atoms with Crippen molar-refractivity contribution in [2.75, 3.05) is 6.54 Å². The lowest BCUT2D eigenvalue weighted by Crippen LogP contribution is -2.32. The van der Waals surface area contributed by atoms with E-state index in [0.29, 0.717) is 6.04 Å². The van der Waals surface area contributed by atoms with Crippen LogP contribution in [0, 0.1) is 0 Å². The number of hydrogen-bond donors (Lipinski definition) is 1. The zero-order valence-electron chi connectivity index (χ0n) is 12.2. The molecule has 2 rings (SSSR count). The number of rotatable bonds is 8. The van der Waals surface area contributed by atoms with Gasteiger partial charge in [-0.3, -0.25) is 0 Å². The van der Waals surface area contributed by atoms with Crippen LogP contribution in [0.4, 0.5) is 0 Å². The van der Waals surface area contributed by atoms with Crippen LogP contribution in [0.3, 0.4) is 0 Å². The summed E-state index contributed by atoms with van der Waals surface area (Å²) in [6.07, 6.45) is 5.56. The Morgan fingerprint density at radius 2 is 1.90 bits per heavy atom. The quantitative estimate of drug-likeness (QED) is 0.727. The highest BCUT2D eigenvalue weighted by Gasteiger charge is 2.14. The fourth-order valence-electron chi connectivity index (χ4n) is 2.37. The molecule has 21 heavy (non-hydrogen) atoms. The lowest BCUT2D eigenvalue weighted by molar-refractivity contribution is 0.441. The molecule has 4 heteroatoms. The van der Waals surface area contributed by atoms with E-state index in [4.69, 9.17) is 27.6 Å². The molecule has 0 aliphatic carbocycles. The Kier molecular flexibility index (Phi) is 6.62. The molecule has 1 unspecified atom stereocenters. The predicted molar refractivity (Wildman–Crippen MR) is 89.3 cm³/mol. The molecule has 0 fully saturated rings. The second kappa shape index (κ2) is 8.47. The molecule has 0 aliphatic rings. The van der Waals surface area contributed by atoms with E-state index in [1.807, 2.05) is 30.3 Å². The van der Waals surface area contributed by atoms with Gasteiger partial charge >= 0.3 is 0 Å². The Bertz CT molecular complexity index is 519. The topological polar surface area (TPSA) is 25.2 Å². The van der Waals surface area contributed by atoms with Crippen LogP contribution in [0.15, 0.2) is 41.0 Å². The summed E-state index contributed by atoms with van der Waals surface area (Å²) in [7, 11) is 0. The van der Waals surface area contributed by atoms with Crippen LogP contribution in [0.25, 0.3) is 0 Å². The lowest BCUT2D eigenvalue weighted by Gasteiger charge is -2.19. The largest absolute Gasteiger partial charge is 0.469 e. The van der Waals surface area contributed by atoms with Gasteiger partial charge in [0.2, 0.25) is 0 Å². The van der Waals surface area contributed by atoms with Gasteiger partial charge in [0.1, 0.15) is 5.76 Å². The molecule has 1 atom stereocenters. The third kappa shape index (κ3) is 5.06. The normalized spacial score (nSPS) is 12.5. The molecular formula is C17H21Cl2NO. The molecule has 2 aromatic rings. The number of aryl methyl sites for hydroxylation is 1. The third-order valence-electron chi connectivity index (χ3n) is 3.51. The smallest absolute Gasteiger partial charge is 0.103 e. The molecule has 1 aromatic carbocycles. The number of halogens is 2. The summed E-state index contributed by atoms with van der Waals surface area (Å²) in [6.45, 7) is 3.16. The van der Waals surface area contributed by atoms with Crippen molar-refractivity contribution in [3.63, 3.8) is 0 Å². The monoisotopic (exact) mass is 325 g/mol. The van der Waals surface area contributed by atoms with Crippen molar-refractivity contribution in [2.24, 2.45) is 0 Å². The summed E-state index contributed by atoms with van der Waals surface area (Å²) >= 11 is 12.6. The van der Waals surface area contributed by atoms with Gasteiger partial charge in [0.25, 0.3) is 0 Å². The van der Waals surface area contributed by atoms with E-state index in [0.717, 1.165) is 53.6 Å². The van der Waals surface area contributed by atoms with E-state index in [9.17, 15) is 0 Å². The minimum Gasteiger partial charge on any atom is -0.469 e. The van der Waals surface area contributed by atoms with Gasteiger partial charge in [0, 0.05) is 22.5 Å². The summed E-state index contributed by atoms with van der Waals surface area (Å²) in [5, 5.41) is 5.06. The van der Waals surface area contributed by atoms with Crippen molar-refractivity contribution >= 4 is 23.2 Å². The van der Waals surface area contributed by atoms with E-state index < -0.39 is 0 Å². The first-order valence-electron chi connectivity index (χ1n) is 7.39. The van der Waals surface area contributed by atoms with Gasteiger partial charge in [-0.1, -0.05) is 36.2 Å². The van der Waals surface area contributed by atoms with Gasteiger partial charge in [-0.15, -0.1) is 0 Å². The molecule has 2 nitrogen and oxygen atoms in total. The number of benzene rings is 1. The molecule has 1 N–H and O–H groups in total. The van der Waals surface area contributed by atoms with Gasteiger partial charge in [-0.25, -0.2) is 0 Å². The van der Waals surface area contributed by atoms with E-state index in [2.05, 4.69) is 12.2 Å². The fourth-order valence-corrected chi connectivity index (χ4v) is 2.92. The maximum Gasteiger partial charge on any atom is 0.103 e. The van der Waals surface area contributed by atoms with Crippen LogP contribution in [0.2, 0.25) is 10.0 Å². The standard InChI is InChI=1S/C17H21Cl2NO/c1-2-10-20-13(8-9-14-5-4-11-21-14)12-15-16(18)6-3-7-17(15)19/h3-7,11,13,20H,2,8-10,12H2,1H3. The highest BCUT2D eigenvalue weighted by Crippen LogP contribution is 2.26. The first kappa shape index (κ1) is 16.4. The first-order chi connectivity index (χ1) is 10.2. The zero-order valence-corrected chi connectivity index (χ0v) is 13.8. The summed E-state index contributed by atoms with van der Waals surface area (Å²) in [6, 6.07) is 9.95. The third-order valence-corrected chi connectivity index (χ3v) is 4.22. The zero-order chi connectivity index (χ0) is 15.1. The molecule has 0 saturated heterocycles. The van der Waals surface area contributed by atoms with E-state index in [1.165, 1.54) is 0 Å². The number of furan rings is 1. The molecule has 0 radical (unpaired) electrons. The van der Waals surface area contributed by atoms with Crippen molar-refractivity contribution in [3.8, 4) is 0 Å². The van der Waals surface area contributed by atoms with Crippen LogP contribution >= 0.6 is 23.2 Å². The second-order valence-electron chi connectivity index (χ2n) is 5.17. The Hall–Kier alpha value is -0.960. The molecule has 0 aliphatic heterocycles. The predicted octanol–water partition coefficient (Wildman–Crippen LogP) is 5.13. The molecule has 114 valence electrons. The number of nitrogens with one attached hydrogen (secondary N) is 1. The van der Waals surface area contributed by atoms with Gasteiger partial charge < -0.3 is 9.73 Å². The minimum atomic E-state index is 0.340. The van der Waals surface area contributed by atoms with E-state index >= 15 is 0 Å². The van der Waals surface area contributed by atoms with E-state index in [1.54, 1.807) is 6.26 Å². The summed E-state index contributed by atoms with van der Waals surface area (Å²) < 4.78 is 5.41. The van der Waals surface area contributed by atoms with Crippen molar-refractivity contribution in [1.82, 2.24) is 5.32 Å². The molecule has 1 aromatic heterocycles. The van der Waals surface area contributed by atoms with Crippen molar-refractivity contribution in [1.29, 1.82) is 0 Å². The average molecular weight is 326 g/mol. The molecule has 0 bridgehead atoms. The Balaban J connectivity index is 2.01. The molecule has 0 saturated carbocycles. The summed E-state index contributed by atoms with van der Waals surface area (Å²) in [4.78, 5) is 0. The van der Waals surface area contributed by atoms with Gasteiger partial charge in [-0.2, -0.15) is 0 Å². The molecule has 0 spiro atoms. The van der Waals surface area contributed by atoms with Crippen molar-refractivity contribution in [2.45, 2.75) is 38.6 Å². The Morgan fingerprint density at radius 3 is 2.52 bits per heavy atom. The maximum absolute atomic E-state index is 6.28. The second-order valence-corrected chi connectivity index (χ2v) is 5.99. The van der Waals surface area contributed by atoms with Crippen LogP contribution in [-0.2, 0) is 12.8 Å². The van der Waals surface area contributed by atoms with Crippen LogP contribution < -0.4 is 5.32 Å². The van der Waals surface area contributed by atoms with Crippen LogP contribution in [0.1, 0.15) is 31.1 Å². The van der Waals surface area contributed by atoms with Gasteiger partial charge in [0.15, 0.2) is 0 Å². The van der Waals surface area contributed by atoms with Crippen molar-refractivity contribution < 1.29 is 4.42 Å². The fraction of sp³-hybridized carbons (Fsp3) is 0.412. The van der Waals surface area contributed by atoms with Gasteiger partial charge in [-0.05, 0) is 55.6 Å². The van der Waals surface area contributed by atoms with Crippen LogP contribution in [-0.4, -0.2) is 12.6 Å². The van der Waals surface area contributed by atoms with Crippen LogP contribution in [0.5, 0.6) is 0 Å². The Morgan fingerprint density at radius 1 is 1.14 bits per heavy atom. The van der Waals surface area contributed by atoms with Gasteiger partial charge in [0.05, 0.1) is 6.26 Å². The number of hydrogen-bond acceptors (Lipinski definition) is 2. The Labute approximate surface area is 136 Å².